The zero-order valence-electron chi connectivity index (χ0n) is 13.6. The number of esters is 2. The number of carbonyl (C=O) groups excluding carboxylic acids is 3. The van der Waals surface area contributed by atoms with Crippen LogP contribution in [0.15, 0.2) is 36.4 Å². The summed E-state index contributed by atoms with van der Waals surface area (Å²) in [6.07, 6.45) is 2.73. The number of methoxy groups -OCH3 is 2. The minimum absolute atomic E-state index is 0.333. The van der Waals surface area contributed by atoms with E-state index in [0.29, 0.717) is 0 Å². The van der Waals surface area contributed by atoms with Gasteiger partial charge in [0.15, 0.2) is 17.2 Å². The van der Waals surface area contributed by atoms with Crippen LogP contribution in [-0.2, 0) is 9.47 Å². The third kappa shape index (κ3) is 4.05. The molecule has 8 nitrogen and oxygen atoms in total. The van der Waals surface area contributed by atoms with Gasteiger partial charge >= 0.3 is 11.9 Å². The number of hydrogen-bond acceptors (Lipinski definition) is 8. The van der Waals surface area contributed by atoms with Crippen LogP contribution in [0.5, 0.6) is 0 Å². The summed E-state index contributed by atoms with van der Waals surface area (Å²) in [5, 5.41) is 0. The summed E-state index contributed by atoms with van der Waals surface area (Å²) < 4.78 is 9.20. The third-order valence-electron chi connectivity index (χ3n) is 3.16. The molecule has 0 unspecified atom stereocenters. The van der Waals surface area contributed by atoms with Crippen molar-refractivity contribution < 1.29 is 23.9 Å². The second-order valence-corrected chi connectivity index (χ2v) is 4.75. The third-order valence-corrected chi connectivity index (χ3v) is 3.16. The van der Waals surface area contributed by atoms with Gasteiger partial charge in [0, 0.05) is 0 Å². The molecule has 0 aliphatic rings. The highest BCUT2D eigenvalue weighted by Gasteiger charge is 2.28. The quantitative estimate of drug-likeness (QED) is 0.493. The number of ether oxygens (including phenoxy) is 2. The summed E-state index contributed by atoms with van der Waals surface area (Å²) in [7, 11) is 2.24. The van der Waals surface area contributed by atoms with Crippen molar-refractivity contribution in [1.29, 1.82) is 0 Å². The van der Waals surface area contributed by atoms with Crippen LogP contribution in [-0.4, -0.2) is 41.9 Å². The number of carbonyl (C=O) groups is 3. The van der Waals surface area contributed by atoms with E-state index in [1.807, 2.05) is 6.07 Å². The number of nitrogen functional groups attached to an aromatic ring is 1. The topological polar surface area (TPSA) is 121 Å². The van der Waals surface area contributed by atoms with E-state index in [0.717, 1.165) is 19.8 Å². The maximum Gasteiger partial charge on any atom is 0.357 e. The molecule has 1 aromatic carbocycles. The van der Waals surface area contributed by atoms with E-state index >= 15 is 0 Å². The number of allylic oxidation sites excluding steroid dienone is 1. The molecule has 0 spiro atoms. The lowest BCUT2D eigenvalue weighted by molar-refractivity contribution is 0.0583. The SMILES string of the molecule is COC(=O)c1nc(N)nc(C(=O)OC)c1C(=O)C=Cc1ccccc1. The largest absolute Gasteiger partial charge is 0.464 e. The van der Waals surface area contributed by atoms with Gasteiger partial charge in [0.1, 0.15) is 0 Å². The Morgan fingerprint density at radius 2 is 1.48 bits per heavy atom. The van der Waals surface area contributed by atoms with Crippen molar-refractivity contribution in [3.8, 4) is 0 Å². The van der Waals surface area contributed by atoms with Crippen LogP contribution in [0.2, 0.25) is 0 Å². The second kappa shape index (κ2) is 7.82. The van der Waals surface area contributed by atoms with Crippen LogP contribution >= 0.6 is 0 Å². The Balaban J connectivity index is 2.56. The summed E-state index contributed by atoms with van der Waals surface area (Å²) >= 11 is 0. The first-order valence-corrected chi connectivity index (χ1v) is 7.09. The first kappa shape index (κ1) is 17.8. The fourth-order valence-electron chi connectivity index (χ4n) is 2.02. The molecule has 1 aromatic heterocycles. The van der Waals surface area contributed by atoms with E-state index in [-0.39, 0.29) is 11.5 Å². The molecule has 0 amide bonds. The Hall–Kier alpha value is -3.55. The van der Waals surface area contributed by atoms with Crippen LogP contribution in [0, 0.1) is 0 Å². The molecule has 0 radical (unpaired) electrons. The van der Waals surface area contributed by atoms with Gasteiger partial charge in [-0.05, 0) is 11.6 Å². The smallest absolute Gasteiger partial charge is 0.357 e. The van der Waals surface area contributed by atoms with Crippen molar-refractivity contribution in [2.75, 3.05) is 20.0 Å². The van der Waals surface area contributed by atoms with E-state index in [1.165, 1.54) is 12.2 Å². The molecule has 0 atom stereocenters. The maximum atomic E-state index is 12.6. The monoisotopic (exact) mass is 341 g/mol. The number of benzene rings is 1. The lowest BCUT2D eigenvalue weighted by Gasteiger charge is -2.09. The highest BCUT2D eigenvalue weighted by molar-refractivity contribution is 6.16. The van der Waals surface area contributed by atoms with Gasteiger partial charge in [-0.15, -0.1) is 0 Å². The molecule has 2 aromatic rings. The van der Waals surface area contributed by atoms with Crippen LogP contribution in [0.4, 0.5) is 5.95 Å². The fourth-order valence-corrected chi connectivity index (χ4v) is 2.02. The molecule has 0 aliphatic carbocycles. The normalized spacial score (nSPS) is 10.5. The van der Waals surface area contributed by atoms with Gasteiger partial charge in [-0.3, -0.25) is 4.79 Å². The Bertz CT molecular complexity index is 810. The standard InChI is InChI=1S/C17H15N3O5/c1-24-15(22)13-12(14(16(23)25-2)20-17(18)19-13)11(21)9-8-10-6-4-3-5-7-10/h3-9H,1-2H3,(H2,18,19,20). The van der Waals surface area contributed by atoms with Gasteiger partial charge in [-0.1, -0.05) is 36.4 Å². The molecule has 2 rings (SSSR count). The molecule has 0 saturated carbocycles. The first-order chi connectivity index (χ1) is 12.0. The molecule has 0 fully saturated rings. The van der Waals surface area contributed by atoms with Crippen LogP contribution in [0.1, 0.15) is 36.9 Å². The van der Waals surface area contributed by atoms with Crippen LogP contribution in [0.25, 0.3) is 6.08 Å². The summed E-state index contributed by atoms with van der Waals surface area (Å²) in [4.78, 5) is 43.9. The molecule has 0 bridgehead atoms. The van der Waals surface area contributed by atoms with Crippen molar-refractivity contribution >= 4 is 29.7 Å². The Labute approximate surface area is 143 Å². The fraction of sp³-hybridized carbons (Fsp3) is 0.118. The molecular weight excluding hydrogens is 326 g/mol. The summed E-state index contributed by atoms with van der Waals surface area (Å²) in [6, 6.07) is 9.00. The maximum absolute atomic E-state index is 12.6. The van der Waals surface area contributed by atoms with Gasteiger partial charge in [0.05, 0.1) is 19.8 Å². The molecule has 25 heavy (non-hydrogen) atoms. The zero-order chi connectivity index (χ0) is 18.4. The number of nitrogens with two attached hydrogens (primary N) is 1. The van der Waals surface area contributed by atoms with Crippen molar-refractivity contribution in [2.24, 2.45) is 0 Å². The molecule has 128 valence electrons. The average molecular weight is 341 g/mol. The Kier molecular flexibility index (Phi) is 5.57. The predicted octanol–water partition coefficient (Wildman–Crippen LogP) is 1.53. The van der Waals surface area contributed by atoms with E-state index in [2.05, 4.69) is 19.4 Å². The lowest BCUT2D eigenvalue weighted by Crippen LogP contribution is -2.21. The molecule has 0 aliphatic heterocycles. The van der Waals surface area contributed by atoms with E-state index in [9.17, 15) is 14.4 Å². The average Bonchev–Trinajstić information content (AvgIpc) is 2.64. The Morgan fingerprint density at radius 1 is 0.960 bits per heavy atom. The number of rotatable bonds is 5. The van der Waals surface area contributed by atoms with Crippen LogP contribution < -0.4 is 5.73 Å². The van der Waals surface area contributed by atoms with Crippen molar-refractivity contribution in [1.82, 2.24) is 9.97 Å². The van der Waals surface area contributed by atoms with Gasteiger partial charge in [-0.2, -0.15) is 0 Å². The van der Waals surface area contributed by atoms with Gasteiger partial charge in [0.2, 0.25) is 5.95 Å². The number of hydrogen-bond donors (Lipinski definition) is 1. The minimum atomic E-state index is -0.921. The van der Waals surface area contributed by atoms with Gasteiger partial charge in [0.25, 0.3) is 0 Å². The van der Waals surface area contributed by atoms with Crippen molar-refractivity contribution in [2.45, 2.75) is 0 Å². The molecule has 8 heteroatoms. The van der Waals surface area contributed by atoms with E-state index in [1.54, 1.807) is 24.3 Å². The summed E-state index contributed by atoms with van der Waals surface area (Å²) in [5.74, 6) is -2.86. The molecular formula is C17H15N3O5. The van der Waals surface area contributed by atoms with Crippen molar-refractivity contribution in [3.05, 3.63) is 58.9 Å². The highest BCUT2D eigenvalue weighted by atomic mass is 16.5. The molecule has 1 heterocycles. The van der Waals surface area contributed by atoms with E-state index in [4.69, 9.17) is 5.73 Å². The number of anilines is 1. The second-order valence-electron chi connectivity index (χ2n) is 4.75. The summed E-state index contributed by atoms with van der Waals surface area (Å²) in [5.41, 5.74) is 5.13. The number of ketones is 1. The van der Waals surface area contributed by atoms with E-state index < -0.39 is 29.1 Å². The first-order valence-electron chi connectivity index (χ1n) is 7.09. The van der Waals surface area contributed by atoms with Gasteiger partial charge in [-0.25, -0.2) is 19.6 Å². The predicted molar refractivity (Wildman–Crippen MR) is 88.9 cm³/mol. The zero-order valence-corrected chi connectivity index (χ0v) is 13.6. The number of nitrogens with zero attached hydrogens (tertiary/aromatic N) is 2. The molecule has 0 saturated heterocycles. The Morgan fingerprint density at radius 3 is 1.96 bits per heavy atom. The lowest BCUT2D eigenvalue weighted by atomic mass is 10.0. The van der Waals surface area contributed by atoms with Crippen molar-refractivity contribution in [3.63, 3.8) is 0 Å². The minimum Gasteiger partial charge on any atom is -0.464 e. The van der Waals surface area contributed by atoms with Gasteiger partial charge < -0.3 is 15.2 Å². The summed E-state index contributed by atoms with van der Waals surface area (Å²) in [6.45, 7) is 0. The highest BCUT2D eigenvalue weighted by Crippen LogP contribution is 2.17. The van der Waals surface area contributed by atoms with Crippen LogP contribution in [0.3, 0.4) is 0 Å². The number of aromatic nitrogens is 2. The molecule has 2 N–H and O–H groups in total.